The predicted octanol–water partition coefficient (Wildman–Crippen LogP) is 3.89. The van der Waals surface area contributed by atoms with Crippen molar-refractivity contribution in [1.29, 1.82) is 0 Å². The molecule has 0 amide bonds. The number of nitrogens with two attached hydrogens (primary N) is 1. The maximum Gasteiger partial charge on any atom is 0.188 e. The van der Waals surface area contributed by atoms with Crippen LogP contribution in [0.25, 0.3) is 0 Å². The summed E-state index contributed by atoms with van der Waals surface area (Å²) < 4.78 is 0. The molecule has 1 aromatic carbocycles. The van der Waals surface area contributed by atoms with Gasteiger partial charge in [0, 0.05) is 13.1 Å². The Balaban J connectivity index is 0.00000288. The molecule has 4 nitrogen and oxygen atoms in total. The molecule has 1 saturated heterocycles. The van der Waals surface area contributed by atoms with Gasteiger partial charge in [0.25, 0.3) is 0 Å². The van der Waals surface area contributed by atoms with Crippen molar-refractivity contribution in [3.05, 3.63) is 35.4 Å². The fraction of sp³-hybridized carbons (Fsp3) is 0.632. The smallest absolute Gasteiger partial charge is 0.188 e. The minimum Gasteiger partial charge on any atom is -0.370 e. The zero-order valence-corrected chi connectivity index (χ0v) is 17.3. The molecule has 0 bridgehead atoms. The average molecular weight is 444 g/mol. The Labute approximate surface area is 164 Å². The molecule has 24 heavy (non-hydrogen) atoms. The lowest BCUT2D eigenvalue weighted by Gasteiger charge is -2.19. The minimum atomic E-state index is 0. The number of unbranched alkanes of at least 4 members (excludes halogenated alkanes) is 1. The number of halogens is 1. The molecule has 1 aliphatic heterocycles. The van der Waals surface area contributed by atoms with Crippen LogP contribution in [0.15, 0.2) is 29.3 Å². The number of benzene rings is 1. The third-order valence-corrected chi connectivity index (χ3v) is 4.40. The van der Waals surface area contributed by atoms with Crippen LogP contribution in [-0.2, 0) is 13.1 Å². The lowest BCUT2D eigenvalue weighted by Crippen LogP contribution is -2.32. The van der Waals surface area contributed by atoms with Crippen molar-refractivity contribution in [3.63, 3.8) is 0 Å². The SMILES string of the molecule is CCCCNC(N)=NCc1ccc(CN2CCCCCC2)cc1.I. The van der Waals surface area contributed by atoms with E-state index in [-0.39, 0.29) is 24.0 Å². The van der Waals surface area contributed by atoms with Gasteiger partial charge in [-0.1, -0.05) is 50.5 Å². The number of nitrogens with one attached hydrogen (secondary N) is 1. The van der Waals surface area contributed by atoms with Gasteiger partial charge in [0.15, 0.2) is 5.96 Å². The molecule has 0 atom stereocenters. The molecule has 2 rings (SSSR count). The molecule has 0 unspecified atom stereocenters. The van der Waals surface area contributed by atoms with Crippen LogP contribution in [-0.4, -0.2) is 30.5 Å². The molecule has 3 N–H and O–H groups in total. The van der Waals surface area contributed by atoms with Gasteiger partial charge in [-0.3, -0.25) is 4.90 Å². The zero-order valence-electron chi connectivity index (χ0n) is 15.0. The number of nitrogens with zero attached hydrogens (tertiary/aromatic N) is 2. The second-order valence-corrected chi connectivity index (χ2v) is 6.49. The van der Waals surface area contributed by atoms with Crippen LogP contribution >= 0.6 is 24.0 Å². The molecule has 1 fully saturated rings. The zero-order chi connectivity index (χ0) is 16.3. The van der Waals surface area contributed by atoms with E-state index < -0.39 is 0 Å². The largest absolute Gasteiger partial charge is 0.370 e. The van der Waals surface area contributed by atoms with Crippen LogP contribution in [0.3, 0.4) is 0 Å². The van der Waals surface area contributed by atoms with Crippen molar-refractivity contribution < 1.29 is 0 Å². The van der Waals surface area contributed by atoms with E-state index in [2.05, 4.69) is 46.4 Å². The molecular formula is C19H33IN4. The molecule has 1 heterocycles. The van der Waals surface area contributed by atoms with Crippen LogP contribution in [0, 0.1) is 0 Å². The van der Waals surface area contributed by atoms with Gasteiger partial charge < -0.3 is 11.1 Å². The highest BCUT2D eigenvalue weighted by molar-refractivity contribution is 14.0. The maximum absolute atomic E-state index is 5.86. The van der Waals surface area contributed by atoms with Crippen molar-refractivity contribution in [2.24, 2.45) is 10.7 Å². The number of aliphatic imine (C=N–C) groups is 1. The third kappa shape index (κ3) is 8.33. The first-order valence-corrected chi connectivity index (χ1v) is 9.12. The molecule has 1 aromatic rings. The molecule has 0 saturated carbocycles. The fourth-order valence-electron chi connectivity index (χ4n) is 2.93. The number of hydrogen-bond donors (Lipinski definition) is 2. The van der Waals surface area contributed by atoms with E-state index >= 15 is 0 Å². The Morgan fingerprint density at radius 1 is 1.08 bits per heavy atom. The van der Waals surface area contributed by atoms with Crippen LogP contribution in [0.5, 0.6) is 0 Å². The highest BCUT2D eigenvalue weighted by atomic mass is 127. The Morgan fingerprint density at radius 3 is 2.33 bits per heavy atom. The summed E-state index contributed by atoms with van der Waals surface area (Å²) in [4.78, 5) is 6.98. The number of guanidine groups is 1. The van der Waals surface area contributed by atoms with Crippen LogP contribution in [0.2, 0.25) is 0 Å². The Kier molecular flexibility index (Phi) is 11.1. The lowest BCUT2D eigenvalue weighted by atomic mass is 10.1. The van der Waals surface area contributed by atoms with Crippen LogP contribution in [0.1, 0.15) is 56.6 Å². The number of likely N-dealkylation sites (tertiary alicyclic amines) is 1. The molecule has 0 aromatic heterocycles. The predicted molar refractivity (Wildman–Crippen MR) is 114 cm³/mol. The summed E-state index contributed by atoms with van der Waals surface area (Å²) in [6, 6.07) is 8.82. The van der Waals surface area contributed by atoms with Gasteiger partial charge in [-0.2, -0.15) is 0 Å². The topological polar surface area (TPSA) is 53.6 Å². The molecule has 0 aliphatic carbocycles. The summed E-state index contributed by atoms with van der Waals surface area (Å²) in [6.07, 6.45) is 7.76. The van der Waals surface area contributed by atoms with E-state index in [1.165, 1.54) is 56.3 Å². The summed E-state index contributed by atoms with van der Waals surface area (Å²) >= 11 is 0. The van der Waals surface area contributed by atoms with Gasteiger partial charge in [0.05, 0.1) is 6.54 Å². The highest BCUT2D eigenvalue weighted by Gasteiger charge is 2.09. The fourth-order valence-corrected chi connectivity index (χ4v) is 2.93. The summed E-state index contributed by atoms with van der Waals surface area (Å²) in [5.74, 6) is 0.548. The first kappa shape index (κ1) is 21.2. The molecule has 0 spiro atoms. The minimum absolute atomic E-state index is 0. The maximum atomic E-state index is 5.86. The van der Waals surface area contributed by atoms with Gasteiger partial charge in [-0.25, -0.2) is 4.99 Å². The Hall–Kier alpha value is -0.820. The van der Waals surface area contributed by atoms with E-state index in [4.69, 9.17) is 5.73 Å². The monoisotopic (exact) mass is 444 g/mol. The van der Waals surface area contributed by atoms with Gasteiger partial charge in [0.1, 0.15) is 0 Å². The van der Waals surface area contributed by atoms with Crippen molar-refractivity contribution >= 4 is 29.9 Å². The van der Waals surface area contributed by atoms with E-state index in [1.54, 1.807) is 0 Å². The first-order chi connectivity index (χ1) is 11.3. The van der Waals surface area contributed by atoms with Crippen LogP contribution < -0.4 is 11.1 Å². The lowest BCUT2D eigenvalue weighted by molar-refractivity contribution is 0.277. The molecule has 0 radical (unpaired) electrons. The summed E-state index contributed by atoms with van der Waals surface area (Å²) in [5.41, 5.74) is 8.47. The Morgan fingerprint density at radius 2 is 1.71 bits per heavy atom. The number of rotatable bonds is 7. The summed E-state index contributed by atoms with van der Waals surface area (Å²) in [7, 11) is 0. The Bertz CT molecular complexity index is 465. The summed E-state index contributed by atoms with van der Waals surface area (Å²) in [6.45, 7) is 7.28. The van der Waals surface area contributed by atoms with Crippen molar-refractivity contribution in [2.75, 3.05) is 19.6 Å². The van der Waals surface area contributed by atoms with E-state index in [0.29, 0.717) is 12.5 Å². The second kappa shape index (κ2) is 12.5. The normalized spacial score (nSPS) is 16.3. The standard InChI is InChI=1S/C19H32N4.HI/c1-2-3-12-21-19(20)22-15-17-8-10-18(11-9-17)16-23-13-6-4-5-7-14-23;/h8-11H,2-7,12-16H2,1H3,(H3,20,21,22);1H. The van der Waals surface area contributed by atoms with Crippen molar-refractivity contribution in [2.45, 2.75) is 58.5 Å². The molecular weight excluding hydrogens is 411 g/mol. The molecule has 1 aliphatic rings. The van der Waals surface area contributed by atoms with E-state index in [1.807, 2.05) is 0 Å². The van der Waals surface area contributed by atoms with Crippen molar-refractivity contribution in [3.8, 4) is 0 Å². The van der Waals surface area contributed by atoms with Gasteiger partial charge in [0.2, 0.25) is 0 Å². The van der Waals surface area contributed by atoms with Crippen molar-refractivity contribution in [1.82, 2.24) is 10.2 Å². The third-order valence-electron chi connectivity index (χ3n) is 4.40. The van der Waals surface area contributed by atoms with Gasteiger partial charge in [-0.15, -0.1) is 24.0 Å². The van der Waals surface area contributed by atoms with Crippen LogP contribution in [0.4, 0.5) is 0 Å². The van der Waals surface area contributed by atoms with Gasteiger partial charge in [-0.05, 0) is 43.5 Å². The average Bonchev–Trinajstić information content (AvgIpc) is 2.83. The quantitative estimate of drug-likeness (QED) is 0.291. The second-order valence-electron chi connectivity index (χ2n) is 6.49. The first-order valence-electron chi connectivity index (χ1n) is 9.12. The number of hydrogen-bond acceptors (Lipinski definition) is 2. The molecule has 5 heteroatoms. The van der Waals surface area contributed by atoms with E-state index in [9.17, 15) is 0 Å². The van der Waals surface area contributed by atoms with Gasteiger partial charge >= 0.3 is 0 Å². The highest BCUT2D eigenvalue weighted by Crippen LogP contribution is 2.14. The van der Waals surface area contributed by atoms with E-state index in [0.717, 1.165) is 19.5 Å². The molecule has 136 valence electrons. The summed E-state index contributed by atoms with van der Waals surface area (Å²) in [5, 5.41) is 3.15.